The van der Waals surface area contributed by atoms with Gasteiger partial charge in [-0.15, -0.1) is 0 Å². The summed E-state index contributed by atoms with van der Waals surface area (Å²) >= 11 is 0. The number of benzene rings is 1. The van der Waals surface area contributed by atoms with E-state index in [1.165, 1.54) is 18.3 Å². The molecule has 0 radical (unpaired) electrons. The fourth-order valence-corrected chi connectivity index (χ4v) is 2.16. The number of amides is 1. The van der Waals surface area contributed by atoms with Gasteiger partial charge in [0.25, 0.3) is 11.6 Å². The number of hydrogen-bond acceptors (Lipinski definition) is 6. The van der Waals surface area contributed by atoms with E-state index in [-0.39, 0.29) is 11.4 Å². The Hall–Kier alpha value is -3.88. The number of rotatable bonds is 6. The lowest BCUT2D eigenvalue weighted by molar-refractivity contribution is -0.384. The summed E-state index contributed by atoms with van der Waals surface area (Å²) in [6.45, 7) is 0.393. The topological polar surface area (TPSA) is 115 Å². The Bertz CT molecular complexity index is 935. The second kappa shape index (κ2) is 7.79. The van der Waals surface area contributed by atoms with Crippen LogP contribution in [0.1, 0.15) is 21.6 Å². The molecule has 1 N–H and O–H groups in total. The molecule has 1 amide bonds. The summed E-state index contributed by atoms with van der Waals surface area (Å²) in [5, 5.41) is 18.7. The predicted molar refractivity (Wildman–Crippen MR) is 93.7 cm³/mol. The van der Waals surface area contributed by atoms with E-state index in [1.54, 1.807) is 47.5 Å². The Morgan fingerprint density at radius 1 is 1.27 bits per heavy atom. The number of nitrogens with zero attached hydrogens (tertiary/aromatic N) is 5. The highest BCUT2D eigenvalue weighted by atomic mass is 16.6. The lowest BCUT2D eigenvalue weighted by Crippen LogP contribution is -2.18. The van der Waals surface area contributed by atoms with Crippen LogP contribution in [0.25, 0.3) is 0 Å². The molecule has 3 rings (SSSR count). The van der Waals surface area contributed by atoms with E-state index in [0.717, 1.165) is 11.1 Å². The summed E-state index contributed by atoms with van der Waals surface area (Å²) in [7, 11) is 0. The molecule has 3 aromatic rings. The Kier molecular flexibility index (Phi) is 5.08. The Morgan fingerprint density at radius 2 is 2.08 bits per heavy atom. The molecule has 0 spiro atoms. The number of nitro groups is 1. The number of hydrazone groups is 1. The Labute approximate surface area is 148 Å². The van der Waals surface area contributed by atoms with Crippen molar-refractivity contribution < 1.29 is 9.72 Å². The van der Waals surface area contributed by atoms with Crippen molar-refractivity contribution in [3.63, 3.8) is 0 Å². The number of non-ortho nitro benzene ring substituents is 1. The maximum atomic E-state index is 12.0. The maximum Gasteiger partial charge on any atom is 0.291 e. The van der Waals surface area contributed by atoms with Crippen LogP contribution in [0.15, 0.2) is 66.2 Å². The molecule has 1 aromatic carbocycles. The lowest BCUT2D eigenvalue weighted by atomic mass is 10.2. The molecule has 9 heteroatoms. The molecule has 0 unspecified atom stereocenters. The van der Waals surface area contributed by atoms with E-state index in [2.05, 4.69) is 20.6 Å². The van der Waals surface area contributed by atoms with Gasteiger partial charge in [0, 0.05) is 36.3 Å². The van der Waals surface area contributed by atoms with Crippen molar-refractivity contribution in [2.75, 3.05) is 0 Å². The van der Waals surface area contributed by atoms with Crippen LogP contribution >= 0.6 is 0 Å². The first kappa shape index (κ1) is 17.0. The number of aromatic nitrogens is 3. The van der Waals surface area contributed by atoms with E-state index < -0.39 is 10.8 Å². The van der Waals surface area contributed by atoms with Gasteiger partial charge >= 0.3 is 0 Å². The highest BCUT2D eigenvalue weighted by Crippen LogP contribution is 2.12. The molecule has 0 aliphatic carbocycles. The van der Waals surface area contributed by atoms with Crippen molar-refractivity contribution in [1.82, 2.24) is 20.2 Å². The van der Waals surface area contributed by atoms with Crippen molar-refractivity contribution in [3.05, 3.63) is 88.0 Å². The van der Waals surface area contributed by atoms with Crippen molar-refractivity contribution in [1.29, 1.82) is 0 Å². The van der Waals surface area contributed by atoms with E-state index in [9.17, 15) is 14.9 Å². The summed E-state index contributed by atoms with van der Waals surface area (Å²) in [5.74, 6) is -0.437. The van der Waals surface area contributed by atoms with Gasteiger partial charge in [-0.1, -0.05) is 18.2 Å². The molecule has 0 atom stereocenters. The number of nitrogens with one attached hydrogen (secondary N) is 1. The summed E-state index contributed by atoms with van der Waals surface area (Å²) in [6.07, 6.45) is 6.40. The highest BCUT2D eigenvalue weighted by Gasteiger charge is 2.09. The van der Waals surface area contributed by atoms with Crippen LogP contribution < -0.4 is 5.43 Å². The molecule has 9 nitrogen and oxygen atoms in total. The van der Waals surface area contributed by atoms with Crippen molar-refractivity contribution in [2.45, 2.75) is 6.54 Å². The quantitative estimate of drug-likeness (QED) is 0.415. The van der Waals surface area contributed by atoms with Crippen LogP contribution in [0.5, 0.6) is 0 Å². The Balaban J connectivity index is 1.59. The van der Waals surface area contributed by atoms with Crippen LogP contribution in [0.2, 0.25) is 0 Å². The average Bonchev–Trinajstić information content (AvgIpc) is 3.11. The molecule has 0 bridgehead atoms. The number of nitro benzene ring substituents is 1. The molecular formula is C17H14N6O3. The maximum absolute atomic E-state index is 12.0. The molecule has 0 fully saturated rings. The normalized spacial score (nSPS) is 10.8. The van der Waals surface area contributed by atoms with Crippen molar-refractivity contribution in [2.24, 2.45) is 5.10 Å². The van der Waals surface area contributed by atoms with Gasteiger partial charge in [0.2, 0.25) is 0 Å². The fourth-order valence-electron chi connectivity index (χ4n) is 2.16. The van der Waals surface area contributed by atoms with Crippen LogP contribution in [0.4, 0.5) is 5.69 Å². The number of carbonyl (C=O) groups is 1. The average molecular weight is 350 g/mol. The van der Waals surface area contributed by atoms with Crippen LogP contribution in [0, 0.1) is 10.1 Å². The molecular weight excluding hydrogens is 336 g/mol. The minimum absolute atomic E-state index is 0.0285. The van der Waals surface area contributed by atoms with Gasteiger partial charge in [-0.2, -0.15) is 10.2 Å². The first-order chi connectivity index (χ1) is 12.6. The van der Waals surface area contributed by atoms with Crippen molar-refractivity contribution in [3.8, 4) is 0 Å². The standard InChI is InChI=1S/C17H14N6O3/c24-17(20-19-11-14-2-1-8-18-10-14)16-7-9-22(21-16)12-13-3-5-15(6-4-13)23(25)26/h1-11H,12H2,(H,20,24). The second-order valence-electron chi connectivity index (χ2n) is 5.31. The fraction of sp³-hybridized carbons (Fsp3) is 0.0588. The third kappa shape index (κ3) is 4.35. The van der Waals surface area contributed by atoms with E-state index in [4.69, 9.17) is 0 Å². The van der Waals surface area contributed by atoms with E-state index in [1.807, 2.05) is 6.07 Å². The zero-order valence-corrected chi connectivity index (χ0v) is 13.5. The minimum atomic E-state index is -0.452. The van der Waals surface area contributed by atoms with E-state index in [0.29, 0.717) is 6.54 Å². The largest absolute Gasteiger partial charge is 0.291 e. The number of carbonyl (C=O) groups excluding carboxylic acids is 1. The van der Waals surface area contributed by atoms with Gasteiger partial charge < -0.3 is 0 Å². The number of pyridine rings is 1. The van der Waals surface area contributed by atoms with Gasteiger partial charge in [0.05, 0.1) is 17.7 Å². The number of hydrogen-bond donors (Lipinski definition) is 1. The van der Waals surface area contributed by atoms with Crippen LogP contribution in [-0.4, -0.2) is 31.8 Å². The monoisotopic (exact) mass is 350 g/mol. The van der Waals surface area contributed by atoms with Gasteiger partial charge in [0.15, 0.2) is 5.69 Å². The summed E-state index contributed by atoms with van der Waals surface area (Å²) in [4.78, 5) is 26.2. The SMILES string of the molecule is O=C(NN=Cc1cccnc1)c1ccn(Cc2ccc([N+](=O)[O-])cc2)n1. The molecule has 26 heavy (non-hydrogen) atoms. The van der Waals surface area contributed by atoms with Crippen LogP contribution in [-0.2, 0) is 6.54 Å². The van der Waals surface area contributed by atoms with E-state index >= 15 is 0 Å². The molecule has 0 aliphatic rings. The van der Waals surface area contributed by atoms with Gasteiger partial charge in [0.1, 0.15) is 0 Å². The predicted octanol–water partition coefficient (Wildman–Crippen LogP) is 2.00. The lowest BCUT2D eigenvalue weighted by Gasteiger charge is -2.01. The second-order valence-corrected chi connectivity index (χ2v) is 5.31. The summed E-state index contributed by atoms with van der Waals surface area (Å²) < 4.78 is 1.57. The van der Waals surface area contributed by atoms with Crippen molar-refractivity contribution >= 4 is 17.8 Å². The molecule has 2 heterocycles. The first-order valence-electron chi connectivity index (χ1n) is 7.62. The molecule has 2 aromatic heterocycles. The first-order valence-corrected chi connectivity index (χ1v) is 7.62. The molecule has 130 valence electrons. The van der Waals surface area contributed by atoms with Gasteiger partial charge in [-0.25, -0.2) is 5.43 Å². The zero-order chi connectivity index (χ0) is 18.4. The smallest absolute Gasteiger partial charge is 0.268 e. The molecule has 0 saturated heterocycles. The van der Waals surface area contributed by atoms with Crippen LogP contribution in [0.3, 0.4) is 0 Å². The molecule has 0 saturated carbocycles. The van der Waals surface area contributed by atoms with Gasteiger partial charge in [-0.05, 0) is 17.7 Å². The molecule has 0 aliphatic heterocycles. The summed E-state index contributed by atoms with van der Waals surface area (Å²) in [6, 6.07) is 11.3. The zero-order valence-electron chi connectivity index (χ0n) is 13.5. The highest BCUT2D eigenvalue weighted by molar-refractivity contribution is 5.92. The Morgan fingerprint density at radius 3 is 2.77 bits per heavy atom. The third-order valence-electron chi connectivity index (χ3n) is 3.43. The minimum Gasteiger partial charge on any atom is -0.268 e. The van der Waals surface area contributed by atoms with Gasteiger partial charge in [-0.3, -0.25) is 24.6 Å². The third-order valence-corrected chi connectivity index (χ3v) is 3.43. The summed E-state index contributed by atoms with van der Waals surface area (Å²) in [5.41, 5.74) is 4.24.